The van der Waals surface area contributed by atoms with Crippen LogP contribution in [0.4, 0.5) is 10.1 Å². The molecule has 0 saturated heterocycles. The summed E-state index contributed by atoms with van der Waals surface area (Å²) < 4.78 is 20.1. The minimum Gasteiger partial charge on any atom is -0.481 e. The number of nitrogens with zero attached hydrogens (tertiary/aromatic N) is 1. The Kier molecular flexibility index (Phi) is 7.18. The lowest BCUT2D eigenvalue weighted by Gasteiger charge is -2.29. The van der Waals surface area contributed by atoms with E-state index in [4.69, 9.17) is 4.42 Å². The summed E-state index contributed by atoms with van der Waals surface area (Å²) in [5, 5.41) is 14.2. The highest BCUT2D eigenvalue weighted by molar-refractivity contribution is 6.15. The number of carbonyl (C=O) groups excluding carboxylic acids is 1. The lowest BCUT2D eigenvalue weighted by atomic mass is 9.84. The molecule has 2 aromatic heterocycles. The average Bonchev–Trinajstić information content (AvgIpc) is 3.36. The van der Waals surface area contributed by atoms with Crippen LogP contribution in [0.25, 0.3) is 44.0 Å². The SMILES string of the molecule is CCN(CC)c1cc2oc3c4ccc(F)cc4[nH]c(=O)c3c2cc1-c1cccc(C(=O)N[C@H]2CCCC[C@H]2C(=O)O)c1. The predicted molar refractivity (Wildman–Crippen MR) is 162 cm³/mol. The van der Waals surface area contributed by atoms with Gasteiger partial charge in [-0.15, -0.1) is 0 Å². The third-order valence-corrected chi connectivity index (χ3v) is 8.45. The Morgan fingerprint density at radius 1 is 1.05 bits per heavy atom. The van der Waals surface area contributed by atoms with Crippen molar-refractivity contribution in [3.8, 4) is 11.1 Å². The smallest absolute Gasteiger partial charge is 0.308 e. The second kappa shape index (κ2) is 11.0. The van der Waals surface area contributed by atoms with Gasteiger partial charge in [0.25, 0.3) is 11.5 Å². The van der Waals surface area contributed by atoms with Gasteiger partial charge in [-0.1, -0.05) is 25.0 Å². The number of anilines is 1. The van der Waals surface area contributed by atoms with Crippen molar-refractivity contribution < 1.29 is 23.5 Å². The summed E-state index contributed by atoms with van der Waals surface area (Å²) in [5.41, 5.74) is 3.81. The number of aliphatic carboxylic acids is 1. The van der Waals surface area contributed by atoms with Crippen molar-refractivity contribution in [3.05, 3.63) is 76.3 Å². The van der Waals surface area contributed by atoms with Crippen LogP contribution in [0.3, 0.4) is 0 Å². The number of carboxylic acids is 1. The van der Waals surface area contributed by atoms with E-state index in [1.165, 1.54) is 12.1 Å². The molecule has 0 unspecified atom stereocenters. The molecule has 1 fully saturated rings. The van der Waals surface area contributed by atoms with Gasteiger partial charge < -0.3 is 24.7 Å². The number of H-pyrrole nitrogens is 1. The molecule has 6 rings (SSSR count). The van der Waals surface area contributed by atoms with Gasteiger partial charge in [-0.25, -0.2) is 4.39 Å². The molecule has 0 spiro atoms. The zero-order valence-corrected chi connectivity index (χ0v) is 23.5. The molecule has 0 bridgehead atoms. The Labute approximate surface area is 241 Å². The van der Waals surface area contributed by atoms with E-state index < -0.39 is 23.7 Å². The van der Waals surface area contributed by atoms with Crippen LogP contribution in [0.1, 0.15) is 49.9 Å². The summed E-state index contributed by atoms with van der Waals surface area (Å²) in [7, 11) is 0. The topological polar surface area (TPSA) is 116 Å². The number of furan rings is 1. The maximum Gasteiger partial charge on any atom is 0.308 e. The quantitative estimate of drug-likeness (QED) is 0.207. The average molecular weight is 570 g/mol. The number of carbonyl (C=O) groups is 2. The van der Waals surface area contributed by atoms with Crippen molar-refractivity contribution in [2.24, 2.45) is 5.92 Å². The minimum atomic E-state index is -0.883. The van der Waals surface area contributed by atoms with Crippen LogP contribution in [0.5, 0.6) is 0 Å². The maximum absolute atomic E-state index is 13.9. The fourth-order valence-electron chi connectivity index (χ4n) is 6.29. The van der Waals surface area contributed by atoms with Crippen molar-refractivity contribution >= 4 is 50.4 Å². The van der Waals surface area contributed by atoms with Crippen LogP contribution in [0, 0.1) is 11.7 Å². The highest BCUT2D eigenvalue weighted by Gasteiger charge is 2.32. The molecule has 3 aromatic carbocycles. The maximum atomic E-state index is 13.9. The molecule has 9 heteroatoms. The van der Waals surface area contributed by atoms with Crippen molar-refractivity contribution in [2.45, 2.75) is 45.6 Å². The molecule has 0 radical (unpaired) electrons. The normalized spacial score (nSPS) is 17.1. The van der Waals surface area contributed by atoms with E-state index >= 15 is 0 Å². The van der Waals surface area contributed by atoms with Crippen LogP contribution in [0.2, 0.25) is 0 Å². The largest absolute Gasteiger partial charge is 0.481 e. The Morgan fingerprint density at radius 2 is 1.83 bits per heavy atom. The number of aromatic amines is 1. The highest BCUT2D eigenvalue weighted by Crippen LogP contribution is 2.40. The fourth-order valence-corrected chi connectivity index (χ4v) is 6.29. The number of halogens is 1. The number of aromatic nitrogens is 1. The van der Waals surface area contributed by atoms with Crippen molar-refractivity contribution in [1.29, 1.82) is 0 Å². The van der Waals surface area contributed by atoms with Gasteiger partial charge in [-0.05, 0) is 68.7 Å². The standard InChI is InChI=1S/C33H32FN3O5/c1-3-37(4-2)27-17-28-24(29-30(42-28)21-13-12-20(34)15-26(21)36-32(29)39)16-23(27)18-8-7-9-19(14-18)31(38)35-25-11-6-5-10-22(25)33(40)41/h7-9,12-17,22,25H,3-6,10-11H2,1-2H3,(H,35,38)(H,36,39)(H,40,41)/t22-,25+/m1/s1. The predicted octanol–water partition coefficient (Wildman–Crippen LogP) is 6.45. The van der Waals surface area contributed by atoms with Gasteiger partial charge in [-0.2, -0.15) is 0 Å². The number of fused-ring (bicyclic) bond motifs is 5. The first-order valence-electron chi connectivity index (χ1n) is 14.4. The number of nitrogens with one attached hydrogen (secondary N) is 2. The van der Waals surface area contributed by atoms with Gasteiger partial charge >= 0.3 is 5.97 Å². The molecular weight excluding hydrogens is 537 g/mol. The van der Waals surface area contributed by atoms with Gasteiger partial charge in [0.2, 0.25) is 0 Å². The summed E-state index contributed by atoms with van der Waals surface area (Å²) >= 11 is 0. The number of hydrogen-bond acceptors (Lipinski definition) is 5. The molecule has 1 aliphatic carbocycles. The first kappa shape index (κ1) is 27.5. The van der Waals surface area contributed by atoms with Crippen molar-refractivity contribution in [1.82, 2.24) is 10.3 Å². The van der Waals surface area contributed by atoms with Crippen molar-refractivity contribution in [2.75, 3.05) is 18.0 Å². The number of benzene rings is 3. The van der Waals surface area contributed by atoms with Gasteiger partial charge in [-0.3, -0.25) is 14.4 Å². The van der Waals surface area contributed by atoms with Gasteiger partial charge in [0.1, 0.15) is 17.0 Å². The number of rotatable bonds is 7. The van der Waals surface area contributed by atoms with Crippen LogP contribution < -0.4 is 15.8 Å². The van der Waals surface area contributed by atoms with Crippen molar-refractivity contribution in [3.63, 3.8) is 0 Å². The molecule has 216 valence electrons. The lowest BCUT2D eigenvalue weighted by Crippen LogP contribution is -2.45. The summed E-state index contributed by atoms with van der Waals surface area (Å²) in [6, 6.07) is 14.9. The summed E-state index contributed by atoms with van der Waals surface area (Å²) in [6.45, 7) is 5.54. The molecule has 42 heavy (non-hydrogen) atoms. The number of amides is 1. The first-order chi connectivity index (χ1) is 20.3. The summed E-state index contributed by atoms with van der Waals surface area (Å²) in [4.78, 5) is 43.3. The Balaban J connectivity index is 1.48. The lowest BCUT2D eigenvalue weighted by molar-refractivity contribution is -0.143. The minimum absolute atomic E-state index is 0.315. The summed E-state index contributed by atoms with van der Waals surface area (Å²) in [6.07, 6.45) is 2.90. The van der Waals surface area contributed by atoms with E-state index in [9.17, 15) is 23.9 Å². The molecular formula is C33H32FN3O5. The van der Waals surface area contributed by atoms with Gasteiger partial charge in [0.05, 0.1) is 16.8 Å². The fraction of sp³-hybridized carbons (Fsp3) is 0.303. The van der Waals surface area contributed by atoms with E-state index in [0.29, 0.717) is 51.2 Å². The molecule has 1 saturated carbocycles. The zero-order valence-electron chi connectivity index (χ0n) is 23.5. The van der Waals surface area contributed by atoms with Gasteiger partial charge in [0, 0.05) is 52.8 Å². The van der Waals surface area contributed by atoms with Gasteiger partial charge in [0.15, 0.2) is 0 Å². The molecule has 5 aromatic rings. The molecule has 2 heterocycles. The summed E-state index contributed by atoms with van der Waals surface area (Å²) in [5.74, 6) is -2.25. The third kappa shape index (κ3) is 4.78. The number of hydrogen-bond donors (Lipinski definition) is 3. The third-order valence-electron chi connectivity index (χ3n) is 8.45. The molecule has 0 aliphatic heterocycles. The van der Waals surface area contributed by atoms with E-state index in [1.54, 1.807) is 24.3 Å². The molecule has 8 nitrogen and oxygen atoms in total. The molecule has 2 atom stereocenters. The van der Waals surface area contributed by atoms with E-state index in [0.717, 1.165) is 42.7 Å². The molecule has 1 amide bonds. The second-order valence-electron chi connectivity index (χ2n) is 10.9. The zero-order chi connectivity index (χ0) is 29.5. The second-order valence-corrected chi connectivity index (χ2v) is 10.9. The Morgan fingerprint density at radius 3 is 2.60 bits per heavy atom. The van der Waals surface area contributed by atoms with E-state index in [-0.39, 0.29) is 11.5 Å². The monoisotopic (exact) mass is 569 g/mol. The van der Waals surface area contributed by atoms with Crippen LogP contribution >= 0.6 is 0 Å². The first-order valence-corrected chi connectivity index (χ1v) is 14.4. The highest BCUT2D eigenvalue weighted by atomic mass is 19.1. The van der Waals surface area contributed by atoms with E-state index in [1.807, 2.05) is 18.2 Å². The number of carboxylic acid groups (broad SMARTS) is 1. The van der Waals surface area contributed by atoms with Crippen LogP contribution in [-0.2, 0) is 4.79 Å². The molecule has 3 N–H and O–H groups in total. The Hall–Kier alpha value is -4.66. The van der Waals surface area contributed by atoms with Crippen LogP contribution in [-0.4, -0.2) is 41.1 Å². The van der Waals surface area contributed by atoms with Crippen LogP contribution in [0.15, 0.2) is 63.8 Å². The Bertz CT molecular complexity index is 1910. The number of pyridine rings is 1. The molecule has 1 aliphatic rings. The van der Waals surface area contributed by atoms with E-state index in [2.05, 4.69) is 29.0 Å².